The molecule has 0 spiro atoms. The molecule has 0 fully saturated rings. The Morgan fingerprint density at radius 1 is 1.00 bits per heavy atom. The van der Waals surface area contributed by atoms with E-state index in [1.54, 1.807) is 0 Å². The first kappa shape index (κ1) is 76.1. The van der Waals surface area contributed by atoms with Crippen LogP contribution in [0.2, 0.25) is 0 Å². The van der Waals surface area contributed by atoms with E-state index >= 15 is 0 Å². The van der Waals surface area contributed by atoms with Gasteiger partial charge < -0.3 is 0 Å². The molecule has 0 aromatic rings. The van der Waals surface area contributed by atoms with Crippen molar-refractivity contribution in [1.82, 2.24) is 0 Å². The van der Waals surface area contributed by atoms with Gasteiger partial charge in [-0.05, 0) is 0 Å². The molecule has 0 amide bonds. The molecule has 4 heteroatoms. The number of hydrogen-bond donors (Lipinski definition) is 0. The second-order valence-corrected chi connectivity index (χ2v) is 0. The molecule has 0 aromatic carbocycles. The fourth-order valence-corrected chi connectivity index (χ4v) is 0. The van der Waals surface area contributed by atoms with Crippen LogP contribution in [0.15, 0.2) is 0 Å². The molecule has 0 saturated carbocycles. The molecular weight excluding hydrogens is 182 g/mol. The van der Waals surface area contributed by atoms with Crippen LogP contribution in [0, 0.1) is 0 Å². The minimum absolute atomic E-state index is 0. The summed E-state index contributed by atoms with van der Waals surface area (Å²) in [6, 6.07) is 0. The molecule has 33 valence electrons. The largest absolute Gasteiger partial charge is 0.0776 e. The minimum Gasteiger partial charge on any atom is -0.0776 e. The van der Waals surface area contributed by atoms with Crippen molar-refractivity contribution >= 4 is 20.9 Å². The third-order valence-electron chi connectivity index (χ3n) is 0. The zero-order valence-electron chi connectivity index (χ0n) is 1.73. The van der Waals surface area contributed by atoms with Crippen molar-refractivity contribution in [3.05, 3.63) is 0 Å². The van der Waals surface area contributed by atoms with Gasteiger partial charge in [0, 0.05) is 45.1 Å². The van der Waals surface area contributed by atoms with Crippen LogP contribution in [0.1, 0.15) is 7.43 Å². The van der Waals surface area contributed by atoms with Crippen LogP contribution in [0.4, 0.5) is 0 Å². The van der Waals surface area contributed by atoms with Gasteiger partial charge in [-0.25, -0.2) is 0 Å². The second-order valence-electron chi connectivity index (χ2n) is 0. The summed E-state index contributed by atoms with van der Waals surface area (Å²) in [7, 11) is 0. The molecule has 0 saturated heterocycles. The van der Waals surface area contributed by atoms with Gasteiger partial charge in [-0.2, -0.15) is 0 Å². The molecule has 0 aliphatic heterocycles. The quantitative estimate of drug-likeness (QED) is 0.389. The van der Waals surface area contributed by atoms with E-state index < -0.39 is 0 Å². The van der Waals surface area contributed by atoms with Crippen molar-refractivity contribution in [2.24, 2.45) is 0 Å². The molecular formula is CH5FeMnPSi. The second kappa shape index (κ2) is 43.9. The predicted molar refractivity (Wildman–Crippen MR) is 20.8 cm³/mol. The molecule has 0 heterocycles. The van der Waals surface area contributed by atoms with Crippen molar-refractivity contribution in [2.75, 3.05) is 0 Å². The van der Waals surface area contributed by atoms with Crippen LogP contribution in [0.3, 0.4) is 0 Å². The molecule has 0 N–H and O–H groups in total. The van der Waals surface area contributed by atoms with Gasteiger partial charge in [0.05, 0.1) is 0 Å². The SMILES string of the molecule is C.[Fe].[Mn].[PH].[Si]. The average Bonchev–Trinajstić information content (AvgIpc) is 0. The van der Waals surface area contributed by atoms with Crippen molar-refractivity contribution in [2.45, 2.75) is 7.43 Å². The van der Waals surface area contributed by atoms with E-state index in [0.717, 1.165) is 0 Å². The summed E-state index contributed by atoms with van der Waals surface area (Å²) in [5.41, 5.74) is 0. The maximum atomic E-state index is 0. The van der Waals surface area contributed by atoms with Crippen molar-refractivity contribution < 1.29 is 34.1 Å². The summed E-state index contributed by atoms with van der Waals surface area (Å²) >= 11 is 0. The number of hydrogen-bond acceptors (Lipinski definition) is 0. The van der Waals surface area contributed by atoms with Crippen LogP contribution in [-0.2, 0) is 34.1 Å². The fourth-order valence-electron chi connectivity index (χ4n) is 0. The van der Waals surface area contributed by atoms with Gasteiger partial charge >= 0.3 is 0 Å². The molecule has 5 heavy (non-hydrogen) atoms. The van der Waals surface area contributed by atoms with E-state index in [0.29, 0.717) is 0 Å². The van der Waals surface area contributed by atoms with E-state index in [9.17, 15) is 0 Å². The van der Waals surface area contributed by atoms with Crippen molar-refractivity contribution in [3.8, 4) is 0 Å². The third kappa shape index (κ3) is 27.2. The summed E-state index contributed by atoms with van der Waals surface area (Å²) in [5, 5.41) is 0. The van der Waals surface area contributed by atoms with Crippen molar-refractivity contribution in [1.29, 1.82) is 0 Å². The van der Waals surface area contributed by atoms with E-state index in [1.165, 1.54) is 0 Å². The molecule has 0 aromatic heterocycles. The summed E-state index contributed by atoms with van der Waals surface area (Å²) in [6.07, 6.45) is 0. The third-order valence-corrected chi connectivity index (χ3v) is 0. The minimum atomic E-state index is 0. The topological polar surface area (TPSA) is 0 Å². The molecule has 0 aliphatic carbocycles. The Kier molecular flexibility index (Phi) is 668. The summed E-state index contributed by atoms with van der Waals surface area (Å²) in [5.74, 6) is 0. The van der Waals surface area contributed by atoms with E-state index in [-0.39, 0.29) is 62.4 Å². The fraction of sp³-hybridized carbons (Fsp3) is 1.00. The molecule has 0 unspecified atom stereocenters. The van der Waals surface area contributed by atoms with Gasteiger partial charge in [-0.1, -0.05) is 17.3 Å². The average molecular weight is 187 g/mol. The normalized spacial score (nSPS) is 0. The first-order chi connectivity index (χ1) is 0. The zero-order valence-corrected chi connectivity index (χ0v) is 6.02. The summed E-state index contributed by atoms with van der Waals surface area (Å²) < 4.78 is 0. The summed E-state index contributed by atoms with van der Waals surface area (Å²) in [6.45, 7) is 0. The first-order valence-electron chi connectivity index (χ1n) is 0. The Balaban J connectivity index is 0. The van der Waals surface area contributed by atoms with Gasteiger partial charge in [0.15, 0.2) is 0 Å². The van der Waals surface area contributed by atoms with Crippen LogP contribution < -0.4 is 0 Å². The van der Waals surface area contributed by atoms with E-state index in [4.69, 9.17) is 0 Å². The van der Waals surface area contributed by atoms with Crippen LogP contribution in [-0.4, -0.2) is 11.0 Å². The Bertz CT molecular complexity index is 11.6. The van der Waals surface area contributed by atoms with Crippen LogP contribution >= 0.6 is 9.90 Å². The molecule has 0 aliphatic rings. The first-order valence-corrected chi connectivity index (χ1v) is 0. The van der Waals surface area contributed by atoms with Gasteiger partial charge in [0.2, 0.25) is 0 Å². The monoisotopic (exact) mass is 187 g/mol. The number of rotatable bonds is 0. The Hall–Kier alpha value is 1.69. The summed E-state index contributed by atoms with van der Waals surface area (Å²) in [4.78, 5) is 0. The zero-order chi connectivity index (χ0) is 0. The maximum absolute atomic E-state index is 0. The molecule has 0 nitrogen and oxygen atoms in total. The van der Waals surface area contributed by atoms with E-state index in [1.807, 2.05) is 0 Å². The van der Waals surface area contributed by atoms with Gasteiger partial charge in [-0.15, -0.1) is 0 Å². The van der Waals surface area contributed by atoms with Crippen LogP contribution in [0.5, 0.6) is 0 Å². The predicted octanol–water partition coefficient (Wildman–Crippen LogP) is 0.844. The molecule has 0 bridgehead atoms. The molecule has 0 atom stereocenters. The smallest absolute Gasteiger partial charge is 0 e. The van der Waals surface area contributed by atoms with Gasteiger partial charge in [0.25, 0.3) is 0 Å². The Labute approximate surface area is 62.5 Å². The van der Waals surface area contributed by atoms with Crippen molar-refractivity contribution in [3.63, 3.8) is 0 Å². The van der Waals surface area contributed by atoms with Gasteiger partial charge in [0.1, 0.15) is 0 Å². The van der Waals surface area contributed by atoms with E-state index in [2.05, 4.69) is 0 Å². The Morgan fingerprint density at radius 2 is 1.00 bits per heavy atom. The van der Waals surface area contributed by atoms with Gasteiger partial charge in [-0.3, -0.25) is 0 Å². The standard InChI is InChI=1S/CH4.Fe.Mn.HP.Si/h1H4;;;1H;. The van der Waals surface area contributed by atoms with Crippen LogP contribution in [0.25, 0.3) is 0 Å². The molecule has 7 radical (unpaired) electrons. The molecule has 0 rings (SSSR count). The Morgan fingerprint density at radius 3 is 1.00 bits per heavy atom. The maximum Gasteiger partial charge on any atom is 0 e.